The molecule has 3 rings (SSSR count). The van der Waals surface area contributed by atoms with Crippen LogP contribution in [-0.2, 0) is 14.2 Å². The van der Waals surface area contributed by atoms with Gasteiger partial charge in [0.1, 0.15) is 12.2 Å². The predicted octanol–water partition coefficient (Wildman–Crippen LogP) is 1.70. The summed E-state index contributed by atoms with van der Waals surface area (Å²) in [6.45, 7) is 4.98. The van der Waals surface area contributed by atoms with Crippen molar-refractivity contribution < 1.29 is 19.1 Å². The van der Waals surface area contributed by atoms with Gasteiger partial charge in [-0.2, -0.15) is 0 Å². The summed E-state index contributed by atoms with van der Waals surface area (Å²) in [5.74, 6) is 0. The fraction of sp³-hybridized carbons (Fsp3) is 0.538. The number of para-hydroxylation sites is 1. The summed E-state index contributed by atoms with van der Waals surface area (Å²) in [5, 5.41) is 10.2. The molecule has 0 aromatic heterocycles. The van der Waals surface area contributed by atoms with Gasteiger partial charge in [-0.15, -0.1) is 0 Å². The van der Waals surface area contributed by atoms with Gasteiger partial charge in [-0.05, 0) is 6.92 Å². The molecular formula is C13H17NO5. The van der Waals surface area contributed by atoms with Gasteiger partial charge < -0.3 is 14.2 Å². The van der Waals surface area contributed by atoms with Crippen LogP contribution in [0.4, 0.5) is 5.69 Å². The number of nitro benzene ring substituents is 1. The Morgan fingerprint density at radius 3 is 2.16 bits per heavy atom. The predicted molar refractivity (Wildman–Crippen MR) is 68.1 cm³/mol. The Hall–Kier alpha value is -1.50. The normalized spacial score (nSPS) is 23.2. The second-order valence-corrected chi connectivity index (χ2v) is 4.49. The first-order valence-electron chi connectivity index (χ1n) is 6.18. The Morgan fingerprint density at radius 1 is 1.26 bits per heavy atom. The van der Waals surface area contributed by atoms with Crippen molar-refractivity contribution in [2.24, 2.45) is 0 Å². The topological polar surface area (TPSA) is 77.4 Å². The molecular weight excluding hydrogens is 250 g/mol. The molecule has 2 aliphatic rings. The van der Waals surface area contributed by atoms with Gasteiger partial charge in [-0.1, -0.05) is 18.2 Å². The van der Waals surface area contributed by atoms with Crippen LogP contribution in [0, 0.1) is 17.0 Å². The number of rotatable bonds is 5. The molecule has 0 bridgehead atoms. The van der Waals surface area contributed by atoms with E-state index in [1.54, 1.807) is 25.1 Å². The van der Waals surface area contributed by atoms with Crippen LogP contribution >= 0.6 is 0 Å². The van der Waals surface area contributed by atoms with E-state index in [0.717, 1.165) is 26.4 Å². The average molecular weight is 267 g/mol. The Balaban J connectivity index is 0.000000141. The zero-order valence-corrected chi connectivity index (χ0v) is 10.8. The lowest BCUT2D eigenvalue weighted by Crippen LogP contribution is -2.06. The van der Waals surface area contributed by atoms with E-state index in [0.29, 0.717) is 17.8 Å². The summed E-state index contributed by atoms with van der Waals surface area (Å²) < 4.78 is 15.1. The molecule has 6 nitrogen and oxygen atoms in total. The summed E-state index contributed by atoms with van der Waals surface area (Å²) in [5.41, 5.74) is 0.884. The molecule has 0 amide bonds. The Labute approximate surface area is 111 Å². The maximum atomic E-state index is 10.2. The highest BCUT2D eigenvalue weighted by Gasteiger charge is 2.26. The molecule has 0 N–H and O–H groups in total. The van der Waals surface area contributed by atoms with Gasteiger partial charge >= 0.3 is 0 Å². The SMILES string of the molecule is C(OCC1CO1)C1CO1.Cc1ccccc1[N+](=O)[O-]. The molecule has 1 aromatic rings. The third-order valence-corrected chi connectivity index (χ3v) is 2.72. The highest BCUT2D eigenvalue weighted by Crippen LogP contribution is 2.15. The van der Waals surface area contributed by atoms with Crippen molar-refractivity contribution in [3.05, 3.63) is 39.9 Å². The molecule has 0 saturated carbocycles. The van der Waals surface area contributed by atoms with Crippen LogP contribution in [-0.4, -0.2) is 43.6 Å². The van der Waals surface area contributed by atoms with Gasteiger partial charge in [-0.3, -0.25) is 10.1 Å². The highest BCUT2D eigenvalue weighted by molar-refractivity contribution is 5.38. The molecule has 2 aliphatic heterocycles. The Kier molecular flexibility index (Phi) is 4.84. The number of nitro groups is 1. The zero-order valence-electron chi connectivity index (χ0n) is 10.8. The van der Waals surface area contributed by atoms with Gasteiger partial charge in [-0.25, -0.2) is 0 Å². The van der Waals surface area contributed by atoms with Crippen LogP contribution in [0.3, 0.4) is 0 Å². The van der Waals surface area contributed by atoms with Crippen LogP contribution < -0.4 is 0 Å². The smallest absolute Gasteiger partial charge is 0.272 e. The number of nitrogens with zero attached hydrogens (tertiary/aromatic N) is 1. The number of aryl methyl sites for hydroxylation is 1. The number of hydrogen-bond donors (Lipinski definition) is 0. The summed E-state index contributed by atoms with van der Waals surface area (Å²) in [4.78, 5) is 9.85. The fourth-order valence-corrected chi connectivity index (χ4v) is 1.43. The fourth-order valence-electron chi connectivity index (χ4n) is 1.43. The van der Waals surface area contributed by atoms with Gasteiger partial charge in [0.25, 0.3) is 5.69 Å². The van der Waals surface area contributed by atoms with Crippen molar-refractivity contribution in [2.75, 3.05) is 26.4 Å². The first-order valence-corrected chi connectivity index (χ1v) is 6.18. The minimum Gasteiger partial charge on any atom is -0.376 e. The summed E-state index contributed by atoms with van der Waals surface area (Å²) in [6.07, 6.45) is 0.785. The second-order valence-electron chi connectivity index (χ2n) is 4.49. The van der Waals surface area contributed by atoms with Crippen molar-refractivity contribution >= 4 is 5.69 Å². The molecule has 0 aliphatic carbocycles. The lowest BCUT2D eigenvalue weighted by atomic mass is 10.2. The number of benzene rings is 1. The van der Waals surface area contributed by atoms with Crippen molar-refractivity contribution in [3.63, 3.8) is 0 Å². The van der Waals surface area contributed by atoms with Crippen molar-refractivity contribution in [1.82, 2.24) is 0 Å². The quantitative estimate of drug-likeness (QED) is 0.461. The van der Waals surface area contributed by atoms with E-state index in [4.69, 9.17) is 14.2 Å². The lowest BCUT2D eigenvalue weighted by molar-refractivity contribution is -0.385. The molecule has 2 saturated heterocycles. The van der Waals surface area contributed by atoms with E-state index < -0.39 is 0 Å². The zero-order chi connectivity index (χ0) is 13.7. The minimum atomic E-state index is -0.380. The molecule has 1 aromatic carbocycles. The third kappa shape index (κ3) is 5.34. The second kappa shape index (κ2) is 6.60. The van der Waals surface area contributed by atoms with Gasteiger partial charge in [0, 0.05) is 11.6 Å². The number of epoxide rings is 2. The minimum absolute atomic E-state index is 0.183. The Morgan fingerprint density at radius 2 is 1.79 bits per heavy atom. The summed E-state index contributed by atoms with van der Waals surface area (Å²) >= 11 is 0. The van der Waals surface area contributed by atoms with E-state index in [2.05, 4.69) is 0 Å². The molecule has 2 atom stereocenters. The third-order valence-electron chi connectivity index (χ3n) is 2.72. The van der Waals surface area contributed by atoms with Crippen LogP contribution in [0.5, 0.6) is 0 Å². The van der Waals surface area contributed by atoms with Crippen LogP contribution in [0.25, 0.3) is 0 Å². The Bertz CT molecular complexity index is 417. The molecule has 2 unspecified atom stereocenters. The van der Waals surface area contributed by atoms with E-state index in [1.165, 1.54) is 6.07 Å². The van der Waals surface area contributed by atoms with E-state index in [9.17, 15) is 10.1 Å². The molecule has 2 fully saturated rings. The lowest BCUT2D eigenvalue weighted by Gasteiger charge is -1.95. The van der Waals surface area contributed by atoms with E-state index in [1.807, 2.05) is 0 Å². The number of ether oxygens (including phenoxy) is 3. The van der Waals surface area contributed by atoms with Crippen molar-refractivity contribution in [2.45, 2.75) is 19.1 Å². The maximum Gasteiger partial charge on any atom is 0.272 e. The number of hydrogen-bond acceptors (Lipinski definition) is 5. The van der Waals surface area contributed by atoms with E-state index in [-0.39, 0.29) is 10.6 Å². The maximum absolute atomic E-state index is 10.2. The standard InChI is InChI=1S/C7H7NO2.C6H10O3/c1-6-4-2-3-5-7(6)8(9)10;1(5-3-8-5)7-2-6-4-9-6/h2-5H,1H3;5-6H,1-4H2. The van der Waals surface area contributed by atoms with Crippen LogP contribution in [0.15, 0.2) is 24.3 Å². The monoisotopic (exact) mass is 267 g/mol. The molecule has 104 valence electrons. The molecule has 0 radical (unpaired) electrons. The highest BCUT2D eigenvalue weighted by atomic mass is 16.6. The first-order chi connectivity index (χ1) is 9.16. The summed E-state index contributed by atoms with van der Waals surface area (Å²) in [7, 11) is 0. The van der Waals surface area contributed by atoms with Gasteiger partial charge in [0.2, 0.25) is 0 Å². The van der Waals surface area contributed by atoms with Crippen molar-refractivity contribution in [1.29, 1.82) is 0 Å². The molecule has 2 heterocycles. The first kappa shape index (κ1) is 13.9. The largest absolute Gasteiger partial charge is 0.376 e. The van der Waals surface area contributed by atoms with Crippen molar-refractivity contribution in [3.8, 4) is 0 Å². The van der Waals surface area contributed by atoms with Gasteiger partial charge in [0.15, 0.2) is 0 Å². The summed E-state index contributed by atoms with van der Waals surface area (Å²) in [6, 6.07) is 6.65. The van der Waals surface area contributed by atoms with Crippen LogP contribution in [0.2, 0.25) is 0 Å². The molecule has 19 heavy (non-hydrogen) atoms. The molecule has 6 heteroatoms. The van der Waals surface area contributed by atoms with E-state index >= 15 is 0 Å². The average Bonchev–Trinajstić information content (AvgIpc) is 3.25. The molecule has 0 spiro atoms. The van der Waals surface area contributed by atoms with Gasteiger partial charge in [0.05, 0.1) is 31.4 Å². The van der Waals surface area contributed by atoms with Crippen LogP contribution in [0.1, 0.15) is 5.56 Å².